The van der Waals surface area contributed by atoms with E-state index in [2.05, 4.69) is 64.1 Å². The summed E-state index contributed by atoms with van der Waals surface area (Å²) >= 11 is 0. The Kier molecular flexibility index (Phi) is 5.83. The fourth-order valence-electron chi connectivity index (χ4n) is 2.27. The molecule has 0 saturated heterocycles. The Bertz CT molecular complexity index is 383. The summed E-state index contributed by atoms with van der Waals surface area (Å²) in [5.41, 5.74) is 5.60. The Morgan fingerprint density at radius 1 is 1.06 bits per heavy atom. The molecule has 18 heavy (non-hydrogen) atoms. The predicted molar refractivity (Wildman–Crippen MR) is 80.2 cm³/mol. The molecule has 0 aliphatic carbocycles. The van der Waals surface area contributed by atoms with Gasteiger partial charge in [-0.25, -0.2) is 0 Å². The van der Waals surface area contributed by atoms with Gasteiger partial charge in [0.2, 0.25) is 0 Å². The van der Waals surface area contributed by atoms with Crippen LogP contribution in [0.1, 0.15) is 41.6 Å². The van der Waals surface area contributed by atoms with Crippen molar-refractivity contribution in [2.75, 3.05) is 27.2 Å². The van der Waals surface area contributed by atoms with Crippen molar-refractivity contribution >= 4 is 0 Å². The van der Waals surface area contributed by atoms with E-state index in [1.165, 1.54) is 28.7 Å². The molecule has 1 rings (SSSR count). The predicted octanol–water partition coefficient (Wildman–Crippen LogP) is 3.21. The number of nitrogens with zero attached hydrogens (tertiary/aromatic N) is 1. The van der Waals surface area contributed by atoms with E-state index < -0.39 is 0 Å². The zero-order valence-corrected chi connectivity index (χ0v) is 12.8. The van der Waals surface area contributed by atoms with Crippen molar-refractivity contribution in [2.45, 2.75) is 40.2 Å². The quantitative estimate of drug-likeness (QED) is 0.778. The molecule has 0 radical (unpaired) electrons. The maximum Gasteiger partial charge on any atom is 0.0294 e. The fraction of sp³-hybridized carbons (Fsp3) is 0.625. The highest BCUT2D eigenvalue weighted by Gasteiger charge is 2.09. The minimum Gasteiger partial charge on any atom is -0.310 e. The third-order valence-corrected chi connectivity index (χ3v) is 3.58. The molecule has 0 aromatic heterocycles. The maximum atomic E-state index is 3.62. The van der Waals surface area contributed by atoms with Crippen molar-refractivity contribution in [1.29, 1.82) is 0 Å². The Morgan fingerprint density at radius 2 is 1.67 bits per heavy atom. The highest BCUT2D eigenvalue weighted by molar-refractivity contribution is 5.37. The maximum absolute atomic E-state index is 3.62. The van der Waals surface area contributed by atoms with Gasteiger partial charge in [-0.3, -0.25) is 0 Å². The first-order chi connectivity index (χ1) is 8.41. The lowest BCUT2D eigenvalue weighted by Gasteiger charge is -2.19. The number of hydrogen-bond acceptors (Lipinski definition) is 2. The number of benzene rings is 1. The summed E-state index contributed by atoms with van der Waals surface area (Å²) in [7, 11) is 4.24. The summed E-state index contributed by atoms with van der Waals surface area (Å²) < 4.78 is 0. The van der Waals surface area contributed by atoms with Gasteiger partial charge < -0.3 is 10.2 Å². The number of nitrogens with one attached hydrogen (secondary N) is 1. The van der Waals surface area contributed by atoms with Crippen LogP contribution in [0.25, 0.3) is 0 Å². The summed E-state index contributed by atoms with van der Waals surface area (Å²) in [5.74, 6) is 0. The van der Waals surface area contributed by atoms with Crippen molar-refractivity contribution in [1.82, 2.24) is 10.2 Å². The van der Waals surface area contributed by atoms with Gasteiger partial charge in [-0.1, -0.05) is 12.1 Å². The third-order valence-electron chi connectivity index (χ3n) is 3.58. The molecule has 0 heterocycles. The van der Waals surface area contributed by atoms with E-state index in [0.717, 1.165) is 13.1 Å². The Labute approximate surface area is 112 Å². The van der Waals surface area contributed by atoms with Crippen molar-refractivity contribution in [3.63, 3.8) is 0 Å². The summed E-state index contributed by atoms with van der Waals surface area (Å²) in [4.78, 5) is 2.23. The van der Waals surface area contributed by atoms with Gasteiger partial charge in [0.05, 0.1) is 0 Å². The van der Waals surface area contributed by atoms with Gasteiger partial charge >= 0.3 is 0 Å². The lowest BCUT2D eigenvalue weighted by molar-refractivity contribution is 0.389. The molecule has 0 amide bonds. The van der Waals surface area contributed by atoms with Crippen LogP contribution in [0.3, 0.4) is 0 Å². The summed E-state index contributed by atoms with van der Waals surface area (Å²) in [5, 5.41) is 3.62. The molecule has 2 heteroatoms. The lowest BCUT2D eigenvalue weighted by atomic mass is 9.96. The van der Waals surface area contributed by atoms with Crippen LogP contribution in [-0.2, 0) is 0 Å². The monoisotopic (exact) mass is 248 g/mol. The van der Waals surface area contributed by atoms with E-state index in [0.29, 0.717) is 6.04 Å². The molecule has 1 N–H and O–H groups in total. The van der Waals surface area contributed by atoms with E-state index in [-0.39, 0.29) is 0 Å². The largest absolute Gasteiger partial charge is 0.310 e. The molecular formula is C16H28N2. The molecule has 0 fully saturated rings. The van der Waals surface area contributed by atoms with Gasteiger partial charge in [-0.2, -0.15) is 0 Å². The van der Waals surface area contributed by atoms with Crippen LogP contribution in [0, 0.1) is 20.8 Å². The molecule has 1 aromatic carbocycles. The summed E-state index contributed by atoms with van der Waals surface area (Å²) in [6, 6.07) is 5.06. The Morgan fingerprint density at radius 3 is 2.28 bits per heavy atom. The SMILES string of the molecule is Cc1cc(C)c(C(C)NCCCN(C)C)cc1C. The average Bonchev–Trinajstić information content (AvgIpc) is 2.28. The normalized spacial score (nSPS) is 13.1. The van der Waals surface area contributed by atoms with Gasteiger partial charge in [0.25, 0.3) is 0 Å². The third kappa shape index (κ3) is 4.43. The van der Waals surface area contributed by atoms with Crippen LogP contribution in [-0.4, -0.2) is 32.1 Å². The van der Waals surface area contributed by atoms with Gasteiger partial charge in [0.15, 0.2) is 0 Å². The molecule has 0 bridgehead atoms. The van der Waals surface area contributed by atoms with Crippen LogP contribution in [0.15, 0.2) is 12.1 Å². The van der Waals surface area contributed by atoms with Crippen LogP contribution >= 0.6 is 0 Å². The topological polar surface area (TPSA) is 15.3 Å². The van der Waals surface area contributed by atoms with Crippen LogP contribution < -0.4 is 5.32 Å². The van der Waals surface area contributed by atoms with Crippen molar-refractivity contribution in [3.05, 3.63) is 34.4 Å². The summed E-state index contributed by atoms with van der Waals surface area (Å²) in [6.45, 7) is 11.1. The van der Waals surface area contributed by atoms with E-state index in [1.54, 1.807) is 0 Å². The van der Waals surface area contributed by atoms with Gasteiger partial charge in [-0.05, 0) is 83.6 Å². The average molecular weight is 248 g/mol. The minimum absolute atomic E-state index is 0.437. The fourth-order valence-corrected chi connectivity index (χ4v) is 2.27. The van der Waals surface area contributed by atoms with Crippen LogP contribution in [0.5, 0.6) is 0 Å². The van der Waals surface area contributed by atoms with Gasteiger partial charge in [-0.15, -0.1) is 0 Å². The Balaban J connectivity index is 2.56. The molecule has 1 aromatic rings. The minimum atomic E-state index is 0.437. The second kappa shape index (κ2) is 6.91. The molecule has 0 aliphatic rings. The van der Waals surface area contributed by atoms with Crippen molar-refractivity contribution in [2.24, 2.45) is 0 Å². The lowest BCUT2D eigenvalue weighted by Crippen LogP contribution is -2.24. The molecule has 2 nitrogen and oxygen atoms in total. The van der Waals surface area contributed by atoms with Crippen molar-refractivity contribution < 1.29 is 0 Å². The number of aryl methyl sites for hydroxylation is 3. The number of hydrogen-bond donors (Lipinski definition) is 1. The standard InChI is InChI=1S/C16H28N2/c1-12-10-14(3)16(11-13(12)2)15(4)17-8-7-9-18(5)6/h10-11,15,17H,7-9H2,1-6H3. The second-order valence-corrected chi connectivity index (χ2v) is 5.63. The van der Waals surface area contributed by atoms with E-state index >= 15 is 0 Å². The van der Waals surface area contributed by atoms with Crippen molar-refractivity contribution in [3.8, 4) is 0 Å². The molecule has 102 valence electrons. The van der Waals surface area contributed by atoms with E-state index in [1.807, 2.05) is 0 Å². The highest BCUT2D eigenvalue weighted by Crippen LogP contribution is 2.21. The van der Waals surface area contributed by atoms with E-state index in [4.69, 9.17) is 0 Å². The zero-order chi connectivity index (χ0) is 13.7. The second-order valence-electron chi connectivity index (χ2n) is 5.63. The molecule has 0 aliphatic heterocycles. The smallest absolute Gasteiger partial charge is 0.0294 e. The molecule has 1 unspecified atom stereocenters. The molecular weight excluding hydrogens is 220 g/mol. The zero-order valence-electron chi connectivity index (χ0n) is 12.8. The van der Waals surface area contributed by atoms with E-state index in [9.17, 15) is 0 Å². The first-order valence-electron chi connectivity index (χ1n) is 6.87. The molecule has 0 saturated carbocycles. The van der Waals surface area contributed by atoms with Crippen LogP contribution in [0.4, 0.5) is 0 Å². The Hall–Kier alpha value is -0.860. The molecule has 0 spiro atoms. The first kappa shape index (κ1) is 15.2. The first-order valence-corrected chi connectivity index (χ1v) is 6.87. The van der Waals surface area contributed by atoms with Crippen LogP contribution in [0.2, 0.25) is 0 Å². The highest BCUT2D eigenvalue weighted by atomic mass is 15.1. The summed E-state index contributed by atoms with van der Waals surface area (Å²) in [6.07, 6.45) is 1.20. The van der Waals surface area contributed by atoms with Gasteiger partial charge in [0, 0.05) is 6.04 Å². The van der Waals surface area contributed by atoms with Gasteiger partial charge in [0.1, 0.15) is 0 Å². The molecule has 1 atom stereocenters. The number of rotatable bonds is 6.